The molecule has 0 aromatic carbocycles. The van der Waals surface area contributed by atoms with Crippen molar-refractivity contribution < 1.29 is 13.2 Å². The maximum Gasteiger partial charge on any atom is 0.292 e. The number of nitrogens with two attached hydrogens (primary N) is 1. The predicted octanol–water partition coefficient (Wildman–Crippen LogP) is -0.505. The first-order valence-corrected chi connectivity index (χ1v) is 3.08. The van der Waals surface area contributed by atoms with Gasteiger partial charge >= 0.3 is 0 Å². The molecule has 1 rings (SSSR count). The number of aromatic nitrogens is 1. The van der Waals surface area contributed by atoms with Crippen LogP contribution < -0.4 is 5.73 Å². The Bertz CT molecular complexity index is 233. The number of oxazole rings is 1. The predicted molar refractivity (Wildman–Crippen MR) is 28.1 cm³/mol. The summed E-state index contributed by atoms with van der Waals surface area (Å²) in [5, 5.41) is -0.174. The molecule has 50 valence electrons. The Balaban J connectivity index is 2.98. The lowest BCUT2D eigenvalue weighted by Gasteiger charge is -1.94. The molecule has 0 fully saturated rings. The van der Waals surface area contributed by atoms with Gasteiger partial charge in [-0.3, -0.25) is 4.21 Å². The Morgan fingerprint density at radius 1 is 1.89 bits per heavy atom. The third kappa shape index (κ3) is 1.27. The summed E-state index contributed by atoms with van der Waals surface area (Å²) in [6, 6.07) is -0.144. The number of hydrogen-bond acceptors (Lipinski definition) is 5. The average Bonchev–Trinajstić information content (AvgIpc) is 2.14. The van der Waals surface area contributed by atoms with Crippen molar-refractivity contribution >= 4 is 17.1 Å². The fraction of sp³-hybridized carbons (Fsp3) is 0. The molecule has 0 aliphatic heterocycles. The Morgan fingerprint density at radius 2 is 2.56 bits per heavy atom. The van der Waals surface area contributed by atoms with Gasteiger partial charge in [-0.05, 0) is 0 Å². The third-order valence-electron chi connectivity index (χ3n) is 0.672. The Hall–Kier alpha value is -0.880. The van der Waals surface area contributed by atoms with Crippen LogP contribution in [0.2, 0.25) is 0 Å². The first-order chi connectivity index (χ1) is 4.20. The normalized spacial score (nSPS) is 13.4. The van der Waals surface area contributed by atoms with E-state index in [2.05, 4.69) is 9.40 Å². The molecule has 5 nitrogen and oxygen atoms in total. The highest BCUT2D eigenvalue weighted by Gasteiger charge is 1.97. The van der Waals surface area contributed by atoms with Crippen molar-refractivity contribution in [2.24, 2.45) is 0 Å². The van der Waals surface area contributed by atoms with Crippen LogP contribution in [0.3, 0.4) is 0 Å². The highest BCUT2D eigenvalue weighted by Crippen LogP contribution is 2.04. The molecule has 1 heterocycles. The number of nitrogens with zero attached hydrogens (tertiary/aromatic N) is 1. The van der Waals surface area contributed by atoms with E-state index >= 15 is 0 Å². The molecular weight excluding hydrogens is 144 g/mol. The van der Waals surface area contributed by atoms with Gasteiger partial charge in [-0.1, -0.05) is 0 Å². The van der Waals surface area contributed by atoms with Crippen LogP contribution in [-0.4, -0.2) is 13.7 Å². The van der Waals surface area contributed by atoms with E-state index in [9.17, 15) is 8.76 Å². The molecule has 0 radical (unpaired) electrons. The Kier molecular flexibility index (Phi) is 1.50. The van der Waals surface area contributed by atoms with Crippen molar-refractivity contribution in [1.82, 2.24) is 4.98 Å². The minimum absolute atomic E-state index is 0.144. The van der Waals surface area contributed by atoms with Crippen LogP contribution >= 0.6 is 0 Å². The van der Waals surface area contributed by atoms with Gasteiger partial charge in [-0.2, -0.15) is 4.98 Å². The number of hydrogen-bond donors (Lipinski definition) is 1. The molecule has 1 atom stereocenters. The highest BCUT2D eigenvalue weighted by atomic mass is 32.2. The highest BCUT2D eigenvalue weighted by molar-refractivity contribution is 7.79. The summed E-state index contributed by atoms with van der Waals surface area (Å²) in [4.78, 5) is 3.31. The van der Waals surface area contributed by atoms with E-state index in [1.807, 2.05) is 0 Å². The Morgan fingerprint density at radius 3 is 2.78 bits per heavy atom. The van der Waals surface area contributed by atoms with Crippen molar-refractivity contribution in [3.63, 3.8) is 0 Å². The standard InChI is InChI=1S/C3H4N2O3S/c4-3-5-2(1-8-3)9(6)7/h1H,(H2,4,5)(H,6,7)/p-1. The topological polar surface area (TPSA) is 92.2 Å². The smallest absolute Gasteiger partial charge is 0.292 e. The average molecular weight is 147 g/mol. The van der Waals surface area contributed by atoms with Gasteiger partial charge in [0.2, 0.25) is 0 Å². The van der Waals surface area contributed by atoms with Gasteiger partial charge in [0.15, 0.2) is 5.03 Å². The largest absolute Gasteiger partial charge is 0.767 e. The van der Waals surface area contributed by atoms with Gasteiger partial charge < -0.3 is 14.7 Å². The zero-order chi connectivity index (χ0) is 6.85. The van der Waals surface area contributed by atoms with Crippen molar-refractivity contribution in [2.75, 3.05) is 5.73 Å². The van der Waals surface area contributed by atoms with Crippen LogP contribution in [0, 0.1) is 0 Å². The summed E-state index contributed by atoms with van der Waals surface area (Å²) >= 11 is -2.34. The molecule has 0 amide bonds. The van der Waals surface area contributed by atoms with Gasteiger partial charge in [0.25, 0.3) is 6.01 Å². The lowest BCUT2D eigenvalue weighted by Crippen LogP contribution is -1.89. The van der Waals surface area contributed by atoms with E-state index < -0.39 is 11.1 Å². The third-order valence-corrected chi connectivity index (χ3v) is 1.20. The summed E-state index contributed by atoms with van der Waals surface area (Å²) in [5.74, 6) is 0. The summed E-state index contributed by atoms with van der Waals surface area (Å²) in [6.45, 7) is 0. The van der Waals surface area contributed by atoms with E-state index in [0.29, 0.717) is 0 Å². The fourth-order valence-electron chi connectivity index (χ4n) is 0.349. The maximum absolute atomic E-state index is 10.0. The summed E-state index contributed by atoms with van der Waals surface area (Å²) in [7, 11) is 0. The van der Waals surface area contributed by atoms with Gasteiger partial charge in [0.1, 0.15) is 6.26 Å². The summed E-state index contributed by atoms with van der Waals surface area (Å²) in [6.07, 6.45) is 0.971. The van der Waals surface area contributed by atoms with Crippen LogP contribution in [0.25, 0.3) is 0 Å². The maximum atomic E-state index is 10.0. The van der Waals surface area contributed by atoms with E-state index in [1.54, 1.807) is 0 Å². The van der Waals surface area contributed by atoms with E-state index in [0.717, 1.165) is 6.26 Å². The van der Waals surface area contributed by atoms with Crippen LogP contribution in [0.4, 0.5) is 6.01 Å². The number of rotatable bonds is 1. The number of nitrogen functional groups attached to an aromatic ring is 1. The molecule has 6 heteroatoms. The van der Waals surface area contributed by atoms with Crippen molar-refractivity contribution in [3.8, 4) is 0 Å². The first-order valence-electron chi connectivity index (χ1n) is 2.00. The fourth-order valence-corrected chi connectivity index (χ4v) is 0.640. The zero-order valence-corrected chi connectivity index (χ0v) is 5.05. The lowest BCUT2D eigenvalue weighted by molar-refractivity contribution is 0.530. The molecule has 0 aliphatic carbocycles. The Labute approximate surface area is 53.2 Å². The second kappa shape index (κ2) is 2.16. The van der Waals surface area contributed by atoms with Crippen LogP contribution in [0.1, 0.15) is 0 Å². The van der Waals surface area contributed by atoms with Crippen LogP contribution in [0.15, 0.2) is 15.7 Å². The van der Waals surface area contributed by atoms with E-state index in [4.69, 9.17) is 5.73 Å². The van der Waals surface area contributed by atoms with Crippen molar-refractivity contribution in [2.45, 2.75) is 5.03 Å². The molecule has 9 heavy (non-hydrogen) atoms. The van der Waals surface area contributed by atoms with Gasteiger partial charge in [0, 0.05) is 11.1 Å². The first kappa shape index (κ1) is 6.24. The molecule has 1 unspecified atom stereocenters. The van der Waals surface area contributed by atoms with E-state index in [-0.39, 0.29) is 11.0 Å². The van der Waals surface area contributed by atoms with Crippen LogP contribution in [-0.2, 0) is 11.1 Å². The molecule has 1 aromatic rings. The molecule has 1 aromatic heterocycles. The van der Waals surface area contributed by atoms with Gasteiger partial charge in [-0.25, -0.2) is 0 Å². The number of anilines is 1. The van der Waals surface area contributed by atoms with Crippen LogP contribution in [0.5, 0.6) is 0 Å². The SMILES string of the molecule is Nc1nc(S(=O)[O-])co1. The molecule has 0 aliphatic rings. The summed E-state index contributed by atoms with van der Waals surface area (Å²) < 4.78 is 24.5. The van der Waals surface area contributed by atoms with Crippen molar-refractivity contribution in [3.05, 3.63) is 6.26 Å². The van der Waals surface area contributed by atoms with Crippen molar-refractivity contribution in [1.29, 1.82) is 0 Å². The second-order valence-electron chi connectivity index (χ2n) is 1.26. The summed E-state index contributed by atoms with van der Waals surface area (Å²) in [5.41, 5.74) is 4.97. The van der Waals surface area contributed by atoms with Gasteiger partial charge in [0.05, 0.1) is 0 Å². The molecule has 0 bridgehead atoms. The monoisotopic (exact) mass is 147 g/mol. The minimum Gasteiger partial charge on any atom is -0.767 e. The molecular formula is C3H3N2O3S-. The second-order valence-corrected chi connectivity index (χ2v) is 2.15. The molecule has 2 N–H and O–H groups in total. The zero-order valence-electron chi connectivity index (χ0n) is 4.23. The quantitative estimate of drug-likeness (QED) is 0.540. The molecule has 0 spiro atoms. The molecule has 0 saturated carbocycles. The van der Waals surface area contributed by atoms with Gasteiger partial charge in [-0.15, -0.1) is 0 Å². The lowest BCUT2D eigenvalue weighted by atomic mass is 11.0. The van der Waals surface area contributed by atoms with E-state index in [1.165, 1.54) is 0 Å². The minimum atomic E-state index is -2.34. The molecule has 0 saturated heterocycles.